The van der Waals surface area contributed by atoms with Gasteiger partial charge in [-0.15, -0.1) is 0 Å². The van der Waals surface area contributed by atoms with Gasteiger partial charge in [0.1, 0.15) is 5.75 Å². The van der Waals surface area contributed by atoms with Crippen LogP contribution in [0, 0.1) is 0 Å². The molecule has 1 aliphatic carbocycles. The van der Waals surface area contributed by atoms with Gasteiger partial charge in [-0.25, -0.2) is 4.79 Å². The van der Waals surface area contributed by atoms with Crippen LogP contribution in [-0.2, 0) is 9.59 Å². The fourth-order valence-electron chi connectivity index (χ4n) is 1.85. The first-order chi connectivity index (χ1) is 8.99. The molecule has 0 saturated heterocycles. The number of nitrogens with one attached hydrogen (secondary N) is 1. The van der Waals surface area contributed by atoms with E-state index in [1.54, 1.807) is 24.3 Å². The van der Waals surface area contributed by atoms with Crippen LogP contribution in [0.25, 0.3) is 0 Å². The van der Waals surface area contributed by atoms with Crippen LogP contribution in [0.2, 0.25) is 0 Å². The SMILES string of the molecule is NC1(C(=O)Nc2cccc(OCC(=O)O)c2)CCC1. The Morgan fingerprint density at radius 3 is 2.74 bits per heavy atom. The summed E-state index contributed by atoms with van der Waals surface area (Å²) in [6.07, 6.45) is 2.34. The Labute approximate surface area is 110 Å². The highest BCUT2D eigenvalue weighted by Crippen LogP contribution is 2.30. The molecule has 0 atom stereocenters. The number of hydrogen-bond acceptors (Lipinski definition) is 4. The number of rotatable bonds is 5. The van der Waals surface area contributed by atoms with Gasteiger partial charge < -0.3 is 20.9 Å². The zero-order valence-corrected chi connectivity index (χ0v) is 10.4. The molecule has 4 N–H and O–H groups in total. The van der Waals surface area contributed by atoms with Crippen LogP contribution in [0.15, 0.2) is 24.3 Å². The zero-order chi connectivity index (χ0) is 13.9. The molecule has 0 bridgehead atoms. The molecule has 1 aliphatic rings. The van der Waals surface area contributed by atoms with Gasteiger partial charge in [0, 0.05) is 11.8 Å². The predicted molar refractivity (Wildman–Crippen MR) is 69.0 cm³/mol. The van der Waals surface area contributed by atoms with Gasteiger partial charge in [-0.2, -0.15) is 0 Å². The van der Waals surface area contributed by atoms with E-state index in [2.05, 4.69) is 5.32 Å². The number of carbonyl (C=O) groups excluding carboxylic acids is 1. The van der Waals surface area contributed by atoms with Crippen molar-refractivity contribution in [1.82, 2.24) is 0 Å². The zero-order valence-electron chi connectivity index (χ0n) is 10.4. The highest BCUT2D eigenvalue weighted by molar-refractivity contribution is 5.98. The largest absolute Gasteiger partial charge is 0.482 e. The summed E-state index contributed by atoms with van der Waals surface area (Å²) in [7, 11) is 0. The summed E-state index contributed by atoms with van der Waals surface area (Å²) in [4.78, 5) is 22.3. The number of aliphatic carboxylic acids is 1. The number of hydrogen-bond donors (Lipinski definition) is 3. The van der Waals surface area contributed by atoms with E-state index in [9.17, 15) is 9.59 Å². The molecule has 0 radical (unpaired) electrons. The van der Waals surface area contributed by atoms with Gasteiger partial charge in [0.05, 0.1) is 5.54 Å². The van der Waals surface area contributed by atoms with Crippen LogP contribution in [0.3, 0.4) is 0 Å². The number of amides is 1. The molecule has 1 saturated carbocycles. The third kappa shape index (κ3) is 3.23. The molecule has 6 nitrogen and oxygen atoms in total. The normalized spacial score (nSPS) is 16.3. The number of benzene rings is 1. The van der Waals surface area contributed by atoms with E-state index in [0.29, 0.717) is 24.3 Å². The summed E-state index contributed by atoms with van der Waals surface area (Å²) in [5.41, 5.74) is 5.69. The molecule has 6 heteroatoms. The third-order valence-electron chi connectivity index (χ3n) is 3.15. The minimum atomic E-state index is -1.05. The molecule has 0 aliphatic heterocycles. The number of anilines is 1. The standard InChI is InChI=1S/C13H16N2O4/c14-13(5-2-6-13)12(18)15-9-3-1-4-10(7-9)19-8-11(16)17/h1,3-4,7H,2,5-6,8,14H2,(H,15,18)(H,16,17). The van der Waals surface area contributed by atoms with Crippen molar-refractivity contribution in [2.75, 3.05) is 11.9 Å². The first kappa shape index (κ1) is 13.4. The van der Waals surface area contributed by atoms with Crippen LogP contribution in [0.1, 0.15) is 19.3 Å². The molecule has 1 aromatic carbocycles. The molecule has 102 valence electrons. The Hall–Kier alpha value is -2.08. The molecule has 2 rings (SSSR count). The molecule has 1 amide bonds. The second-order valence-electron chi connectivity index (χ2n) is 4.67. The fourth-order valence-corrected chi connectivity index (χ4v) is 1.85. The smallest absolute Gasteiger partial charge is 0.341 e. The van der Waals surface area contributed by atoms with Crippen molar-refractivity contribution in [3.63, 3.8) is 0 Å². The predicted octanol–water partition coefficient (Wildman–Crippen LogP) is 0.970. The van der Waals surface area contributed by atoms with Gasteiger partial charge in [-0.3, -0.25) is 4.79 Å². The minimum absolute atomic E-state index is 0.214. The molecule has 1 aromatic rings. The third-order valence-corrected chi connectivity index (χ3v) is 3.15. The number of ether oxygens (including phenoxy) is 1. The highest BCUT2D eigenvalue weighted by Gasteiger charge is 2.40. The average molecular weight is 264 g/mol. The van der Waals surface area contributed by atoms with Gasteiger partial charge in [0.25, 0.3) is 0 Å². The van der Waals surface area contributed by atoms with Crippen LogP contribution in [-0.4, -0.2) is 29.1 Å². The fraction of sp³-hybridized carbons (Fsp3) is 0.385. The lowest BCUT2D eigenvalue weighted by molar-refractivity contribution is -0.139. The Morgan fingerprint density at radius 1 is 1.42 bits per heavy atom. The number of carbonyl (C=O) groups is 2. The van der Waals surface area contributed by atoms with Crippen molar-refractivity contribution >= 4 is 17.6 Å². The Balaban J connectivity index is 1.98. The Kier molecular flexibility index (Phi) is 3.71. The van der Waals surface area contributed by atoms with Gasteiger partial charge in [-0.1, -0.05) is 6.07 Å². The number of carboxylic acid groups (broad SMARTS) is 1. The number of carboxylic acids is 1. The molecular formula is C13H16N2O4. The van der Waals surface area contributed by atoms with Crippen LogP contribution in [0.5, 0.6) is 5.75 Å². The monoisotopic (exact) mass is 264 g/mol. The summed E-state index contributed by atoms with van der Waals surface area (Å²) in [5.74, 6) is -0.876. The van der Waals surface area contributed by atoms with E-state index in [-0.39, 0.29) is 5.91 Å². The molecule has 19 heavy (non-hydrogen) atoms. The maximum atomic E-state index is 11.9. The molecule has 0 heterocycles. The van der Waals surface area contributed by atoms with Gasteiger partial charge in [0.15, 0.2) is 6.61 Å². The van der Waals surface area contributed by atoms with Crippen molar-refractivity contribution < 1.29 is 19.4 Å². The average Bonchev–Trinajstić information content (AvgIpc) is 2.34. The Morgan fingerprint density at radius 2 is 2.16 bits per heavy atom. The summed E-state index contributed by atoms with van der Waals surface area (Å²) in [6.45, 7) is -0.418. The van der Waals surface area contributed by atoms with Crippen molar-refractivity contribution in [3.05, 3.63) is 24.3 Å². The second kappa shape index (κ2) is 5.27. The van der Waals surface area contributed by atoms with Crippen molar-refractivity contribution in [1.29, 1.82) is 0 Å². The quantitative estimate of drug-likeness (QED) is 0.735. The molecular weight excluding hydrogens is 248 g/mol. The van der Waals surface area contributed by atoms with Crippen LogP contribution in [0.4, 0.5) is 5.69 Å². The lowest BCUT2D eigenvalue weighted by Crippen LogP contribution is -2.56. The van der Waals surface area contributed by atoms with Crippen LogP contribution >= 0.6 is 0 Å². The highest BCUT2D eigenvalue weighted by atomic mass is 16.5. The topological polar surface area (TPSA) is 102 Å². The van der Waals surface area contributed by atoms with Gasteiger partial charge in [-0.05, 0) is 31.4 Å². The van der Waals surface area contributed by atoms with Crippen LogP contribution < -0.4 is 15.8 Å². The maximum Gasteiger partial charge on any atom is 0.341 e. The van der Waals surface area contributed by atoms with Gasteiger partial charge >= 0.3 is 5.97 Å². The van der Waals surface area contributed by atoms with E-state index in [0.717, 1.165) is 6.42 Å². The van der Waals surface area contributed by atoms with E-state index in [1.807, 2.05) is 0 Å². The van der Waals surface area contributed by atoms with Crippen molar-refractivity contribution in [2.45, 2.75) is 24.8 Å². The first-order valence-corrected chi connectivity index (χ1v) is 6.05. The lowest BCUT2D eigenvalue weighted by atomic mass is 9.77. The summed E-state index contributed by atoms with van der Waals surface area (Å²) in [6, 6.07) is 6.58. The van der Waals surface area contributed by atoms with E-state index in [4.69, 9.17) is 15.6 Å². The number of nitrogens with two attached hydrogens (primary N) is 1. The molecule has 1 fully saturated rings. The van der Waals surface area contributed by atoms with Crippen molar-refractivity contribution in [3.8, 4) is 5.75 Å². The van der Waals surface area contributed by atoms with Gasteiger partial charge in [0.2, 0.25) is 5.91 Å². The first-order valence-electron chi connectivity index (χ1n) is 6.05. The maximum absolute atomic E-state index is 11.9. The molecule has 0 spiro atoms. The van der Waals surface area contributed by atoms with Crippen molar-refractivity contribution in [2.24, 2.45) is 5.73 Å². The summed E-state index contributed by atoms with van der Waals surface area (Å²) >= 11 is 0. The summed E-state index contributed by atoms with van der Waals surface area (Å²) in [5, 5.41) is 11.2. The molecule has 0 unspecified atom stereocenters. The lowest BCUT2D eigenvalue weighted by Gasteiger charge is -2.36. The molecule has 0 aromatic heterocycles. The van der Waals surface area contributed by atoms with E-state index in [1.165, 1.54) is 0 Å². The van der Waals surface area contributed by atoms with E-state index < -0.39 is 18.1 Å². The Bertz CT molecular complexity index is 497. The second-order valence-corrected chi connectivity index (χ2v) is 4.67. The minimum Gasteiger partial charge on any atom is -0.482 e. The summed E-state index contributed by atoms with van der Waals surface area (Å²) < 4.78 is 5.03. The van der Waals surface area contributed by atoms with E-state index >= 15 is 0 Å².